The lowest BCUT2D eigenvalue weighted by Crippen LogP contribution is -2.10. The lowest BCUT2D eigenvalue weighted by Gasteiger charge is -2.00. The Morgan fingerprint density at radius 3 is 2.69 bits per heavy atom. The third kappa shape index (κ3) is 3.88. The summed E-state index contributed by atoms with van der Waals surface area (Å²) in [6.45, 7) is 0.413. The molecular formula is C18H17N5OS2. The third-order valence-corrected chi connectivity index (χ3v) is 5.29. The highest BCUT2D eigenvalue weighted by atomic mass is 32.2. The molecule has 3 N–H and O–H groups in total. The fraction of sp³-hybridized carbons (Fsp3) is 0.111. The molecule has 26 heavy (non-hydrogen) atoms. The van der Waals surface area contributed by atoms with Gasteiger partial charge in [-0.05, 0) is 29.1 Å². The van der Waals surface area contributed by atoms with Crippen molar-refractivity contribution in [1.82, 2.24) is 19.9 Å². The van der Waals surface area contributed by atoms with Gasteiger partial charge in [0.1, 0.15) is 5.01 Å². The first-order valence-electron chi connectivity index (χ1n) is 7.95. The van der Waals surface area contributed by atoms with Gasteiger partial charge in [-0.25, -0.2) is 9.71 Å². The molecule has 0 aliphatic rings. The molecule has 0 amide bonds. The molecule has 0 fully saturated rings. The number of thiazole rings is 1. The highest BCUT2D eigenvalue weighted by molar-refractivity contribution is 8.10. The van der Waals surface area contributed by atoms with Crippen LogP contribution in [-0.2, 0) is 13.0 Å². The number of hydrogen-bond donors (Lipinski definition) is 2. The van der Waals surface area contributed by atoms with Crippen molar-refractivity contribution in [2.45, 2.75) is 13.0 Å². The van der Waals surface area contributed by atoms with E-state index in [1.54, 1.807) is 11.3 Å². The first kappa shape index (κ1) is 17.0. The Bertz CT molecular complexity index is 1060. The lowest BCUT2D eigenvalue weighted by atomic mass is 10.1. The second-order valence-electron chi connectivity index (χ2n) is 5.67. The summed E-state index contributed by atoms with van der Waals surface area (Å²) in [4.78, 5) is 4.67. The molecule has 0 saturated heterocycles. The van der Waals surface area contributed by atoms with Gasteiger partial charge in [0.05, 0.1) is 23.2 Å². The molecule has 6 nitrogen and oxygen atoms in total. The Morgan fingerprint density at radius 1 is 1.08 bits per heavy atom. The van der Waals surface area contributed by atoms with E-state index in [0.717, 1.165) is 15.2 Å². The van der Waals surface area contributed by atoms with E-state index in [9.17, 15) is 0 Å². The van der Waals surface area contributed by atoms with Crippen molar-refractivity contribution in [3.63, 3.8) is 0 Å². The highest BCUT2D eigenvalue weighted by Crippen LogP contribution is 2.29. The van der Waals surface area contributed by atoms with Crippen LogP contribution in [0, 0.1) is 0 Å². The van der Waals surface area contributed by atoms with Crippen molar-refractivity contribution in [1.29, 1.82) is 0 Å². The largest absolute Gasteiger partial charge is 0.423 e. The lowest BCUT2D eigenvalue weighted by molar-refractivity contribution is 0.455. The summed E-state index contributed by atoms with van der Waals surface area (Å²) in [7, 11) is -0.612. The van der Waals surface area contributed by atoms with Gasteiger partial charge in [0, 0.05) is 0 Å². The summed E-state index contributed by atoms with van der Waals surface area (Å²) < 4.78 is 9.74. The summed E-state index contributed by atoms with van der Waals surface area (Å²) in [5.74, 6) is 4.72. The number of aromatic nitrogens is 3. The average molecular weight is 384 g/mol. The van der Waals surface area contributed by atoms with Gasteiger partial charge < -0.3 is 4.42 Å². The van der Waals surface area contributed by atoms with E-state index in [1.165, 1.54) is 11.1 Å². The van der Waals surface area contributed by atoms with Gasteiger partial charge in [0.15, 0.2) is 0 Å². The molecule has 132 valence electrons. The van der Waals surface area contributed by atoms with E-state index in [1.807, 2.05) is 18.2 Å². The van der Waals surface area contributed by atoms with Gasteiger partial charge in [0.25, 0.3) is 0 Å². The minimum atomic E-state index is -0.612. The van der Waals surface area contributed by atoms with Gasteiger partial charge in [-0.3, -0.25) is 5.14 Å². The zero-order valence-electron chi connectivity index (χ0n) is 13.9. The van der Waals surface area contributed by atoms with Crippen molar-refractivity contribution in [2.24, 2.45) is 5.14 Å². The van der Waals surface area contributed by atoms with E-state index in [2.05, 4.69) is 56.1 Å². The summed E-state index contributed by atoms with van der Waals surface area (Å²) in [6.07, 6.45) is 0.520. The first-order chi connectivity index (χ1) is 12.7. The molecule has 1 unspecified atom stereocenters. The molecule has 0 aliphatic carbocycles. The highest BCUT2D eigenvalue weighted by Gasteiger charge is 2.11. The number of nitrogens with one attached hydrogen (secondary N) is 1. The molecule has 2 aromatic heterocycles. The second kappa shape index (κ2) is 7.46. The number of nitrogens with zero attached hydrogens (tertiary/aromatic N) is 3. The number of benzene rings is 2. The minimum Gasteiger partial charge on any atom is -0.423 e. The van der Waals surface area contributed by atoms with Crippen molar-refractivity contribution in [3.8, 4) is 11.1 Å². The molecule has 1 atom stereocenters. The van der Waals surface area contributed by atoms with Crippen LogP contribution in [-0.4, -0.2) is 21.1 Å². The molecule has 4 aromatic rings. The van der Waals surface area contributed by atoms with Crippen molar-refractivity contribution in [2.75, 3.05) is 0 Å². The zero-order valence-corrected chi connectivity index (χ0v) is 15.5. The van der Waals surface area contributed by atoms with E-state index in [0.29, 0.717) is 24.7 Å². The Balaban J connectivity index is 1.53. The van der Waals surface area contributed by atoms with Gasteiger partial charge >= 0.3 is 0 Å². The Kier molecular flexibility index (Phi) is 4.89. The quantitative estimate of drug-likeness (QED) is 0.495. The van der Waals surface area contributed by atoms with Crippen LogP contribution in [0.1, 0.15) is 16.8 Å². The third-order valence-electron chi connectivity index (χ3n) is 3.76. The van der Waals surface area contributed by atoms with Crippen LogP contribution in [0.5, 0.6) is 0 Å². The van der Waals surface area contributed by atoms with Gasteiger partial charge in [0.2, 0.25) is 11.8 Å². The Morgan fingerprint density at radius 2 is 1.88 bits per heavy atom. The monoisotopic (exact) mass is 383 g/mol. The summed E-state index contributed by atoms with van der Waals surface area (Å²) in [5.41, 5.74) is 3.36. The normalized spacial score (nSPS) is 12.5. The maximum absolute atomic E-state index is 5.63. The van der Waals surface area contributed by atoms with Crippen LogP contribution in [0.3, 0.4) is 0 Å². The maximum Gasteiger partial charge on any atom is 0.231 e. The van der Waals surface area contributed by atoms with E-state index in [-0.39, 0.29) is 0 Å². The van der Waals surface area contributed by atoms with E-state index in [4.69, 9.17) is 9.56 Å². The topological polar surface area (TPSA) is 89.9 Å². The summed E-state index contributed by atoms with van der Waals surface area (Å²) >= 11 is 1.65. The number of nitrogens with two attached hydrogens (primary N) is 1. The maximum atomic E-state index is 5.63. The SMILES string of the molecule is C=S(N)NCc1nnc(Cc2nc3ccc(-c4ccccc4)cc3s2)o1. The molecule has 8 heteroatoms. The molecule has 0 saturated carbocycles. The van der Waals surface area contributed by atoms with Gasteiger partial charge in [-0.2, -0.15) is 0 Å². The molecular weight excluding hydrogens is 366 g/mol. The molecule has 0 bridgehead atoms. The van der Waals surface area contributed by atoms with Crippen molar-refractivity contribution >= 4 is 38.3 Å². The van der Waals surface area contributed by atoms with Crippen molar-refractivity contribution in [3.05, 3.63) is 65.3 Å². The van der Waals surface area contributed by atoms with Gasteiger partial charge in [-0.15, -0.1) is 21.5 Å². The smallest absolute Gasteiger partial charge is 0.231 e. The molecule has 0 aliphatic heterocycles. The van der Waals surface area contributed by atoms with Crippen LogP contribution >= 0.6 is 22.2 Å². The second-order valence-corrected chi connectivity index (χ2v) is 7.93. The van der Waals surface area contributed by atoms with Crippen LogP contribution in [0.15, 0.2) is 52.9 Å². The minimum absolute atomic E-state index is 0.413. The van der Waals surface area contributed by atoms with E-state index >= 15 is 0 Å². The summed E-state index contributed by atoms with van der Waals surface area (Å²) in [5, 5.41) is 14.6. The van der Waals surface area contributed by atoms with E-state index < -0.39 is 10.9 Å². The average Bonchev–Trinajstić information content (AvgIpc) is 3.26. The van der Waals surface area contributed by atoms with Gasteiger partial charge in [-0.1, -0.05) is 47.3 Å². The summed E-state index contributed by atoms with van der Waals surface area (Å²) in [6, 6.07) is 16.6. The van der Waals surface area contributed by atoms with Crippen molar-refractivity contribution < 1.29 is 4.42 Å². The number of hydrogen-bond acceptors (Lipinski definition) is 7. The Labute approximate surface area is 157 Å². The molecule has 0 radical (unpaired) electrons. The molecule has 4 rings (SSSR count). The zero-order chi connectivity index (χ0) is 17.9. The van der Waals surface area contributed by atoms with Crippen LogP contribution in [0.4, 0.5) is 0 Å². The molecule has 2 heterocycles. The van der Waals surface area contributed by atoms with Crippen LogP contribution in [0.2, 0.25) is 0 Å². The van der Waals surface area contributed by atoms with Crippen LogP contribution < -0.4 is 9.86 Å². The number of fused-ring (bicyclic) bond motifs is 1. The molecule has 2 aromatic carbocycles. The predicted molar refractivity (Wildman–Crippen MR) is 108 cm³/mol. The fourth-order valence-electron chi connectivity index (χ4n) is 2.57. The van der Waals surface area contributed by atoms with Crippen LogP contribution in [0.25, 0.3) is 21.3 Å². The Hall–Kier alpha value is -2.39. The fourth-order valence-corrected chi connectivity index (χ4v) is 3.88. The predicted octanol–water partition coefficient (Wildman–Crippen LogP) is 3.52. The number of rotatable bonds is 6. The first-order valence-corrected chi connectivity index (χ1v) is 10.2. The molecule has 0 spiro atoms. The standard InChI is InChI=1S/C18H17N5OS2/c1-26(19)20-11-17-23-22-16(24-17)10-18-21-14-8-7-13(9-15(14)25-18)12-5-3-2-4-6-12/h2-9,20H,1,10-11,19H2.